The fraction of sp³-hybridized carbons (Fsp3) is 0.667. The van der Waals surface area contributed by atoms with Crippen molar-refractivity contribution in [3.05, 3.63) is 24.0 Å². The summed E-state index contributed by atoms with van der Waals surface area (Å²) < 4.78 is 1.81. The number of nitrogens with zero attached hydrogens (tertiary/aromatic N) is 3. The summed E-state index contributed by atoms with van der Waals surface area (Å²) >= 11 is 0. The Morgan fingerprint density at radius 2 is 2.04 bits per heavy atom. The minimum atomic E-state index is -0.846. The van der Waals surface area contributed by atoms with Gasteiger partial charge in [-0.1, -0.05) is 0 Å². The maximum absolute atomic E-state index is 12.6. The van der Waals surface area contributed by atoms with Crippen LogP contribution in [0.15, 0.2) is 18.3 Å². The number of aryl methyl sites for hydroxylation is 1. The van der Waals surface area contributed by atoms with E-state index in [1.807, 2.05) is 29.9 Å². The summed E-state index contributed by atoms with van der Waals surface area (Å²) in [5, 5.41) is 13.9. The summed E-state index contributed by atoms with van der Waals surface area (Å²) in [5.41, 5.74) is -0.192. The lowest BCUT2D eigenvalue weighted by atomic mass is 9.99. The van der Waals surface area contributed by atoms with Crippen molar-refractivity contribution in [1.82, 2.24) is 19.7 Å². The largest absolute Gasteiger partial charge is 0.387 e. The van der Waals surface area contributed by atoms with Crippen LogP contribution < -0.4 is 5.32 Å². The van der Waals surface area contributed by atoms with E-state index in [1.54, 1.807) is 11.8 Å². The molecule has 3 heterocycles. The highest BCUT2D eigenvalue weighted by atomic mass is 16.3. The van der Waals surface area contributed by atoms with Gasteiger partial charge in [0, 0.05) is 52.4 Å². The molecular formula is C18H28N4O3. The zero-order valence-electron chi connectivity index (χ0n) is 15.1. The SMILES string of the molecule is CC(=O)NC1CCN(CC2(O)CCN(C(=O)c3cccn3C)C2)CC1. The molecule has 1 aromatic rings. The molecule has 25 heavy (non-hydrogen) atoms. The third-order valence-electron chi connectivity index (χ3n) is 5.30. The van der Waals surface area contributed by atoms with Crippen molar-refractivity contribution in [3.8, 4) is 0 Å². The van der Waals surface area contributed by atoms with Gasteiger partial charge in [0.1, 0.15) is 5.69 Å². The zero-order chi connectivity index (χ0) is 18.0. The van der Waals surface area contributed by atoms with Gasteiger partial charge >= 0.3 is 0 Å². The molecule has 1 atom stereocenters. The molecule has 2 aliphatic heterocycles. The van der Waals surface area contributed by atoms with Crippen molar-refractivity contribution in [2.24, 2.45) is 7.05 Å². The topological polar surface area (TPSA) is 77.8 Å². The molecule has 2 N–H and O–H groups in total. The van der Waals surface area contributed by atoms with E-state index in [9.17, 15) is 14.7 Å². The lowest BCUT2D eigenvalue weighted by Crippen LogP contribution is -2.50. The van der Waals surface area contributed by atoms with Crippen molar-refractivity contribution in [2.75, 3.05) is 32.7 Å². The van der Waals surface area contributed by atoms with Gasteiger partial charge in [-0.15, -0.1) is 0 Å². The van der Waals surface area contributed by atoms with E-state index in [2.05, 4.69) is 10.2 Å². The molecule has 1 aromatic heterocycles. The average molecular weight is 348 g/mol. The Morgan fingerprint density at radius 1 is 1.32 bits per heavy atom. The highest BCUT2D eigenvalue weighted by Crippen LogP contribution is 2.25. The second kappa shape index (κ2) is 7.17. The molecule has 7 nitrogen and oxygen atoms in total. The molecule has 2 saturated heterocycles. The summed E-state index contributed by atoms with van der Waals surface area (Å²) in [7, 11) is 1.86. The van der Waals surface area contributed by atoms with Gasteiger partial charge in [-0.2, -0.15) is 0 Å². The van der Waals surface area contributed by atoms with Crippen LogP contribution in [0.4, 0.5) is 0 Å². The number of hydrogen-bond donors (Lipinski definition) is 2. The van der Waals surface area contributed by atoms with Gasteiger partial charge in [-0.05, 0) is 31.4 Å². The first-order valence-corrected chi connectivity index (χ1v) is 8.99. The van der Waals surface area contributed by atoms with Crippen LogP contribution in [0.1, 0.15) is 36.7 Å². The van der Waals surface area contributed by atoms with Crippen LogP contribution in [0.3, 0.4) is 0 Å². The first-order chi connectivity index (χ1) is 11.9. The Hall–Kier alpha value is -1.86. The summed E-state index contributed by atoms with van der Waals surface area (Å²) in [6.45, 7) is 4.81. The number of aromatic nitrogens is 1. The van der Waals surface area contributed by atoms with Crippen LogP contribution in [0, 0.1) is 0 Å². The fourth-order valence-corrected chi connectivity index (χ4v) is 3.94. The van der Waals surface area contributed by atoms with E-state index in [0.29, 0.717) is 31.7 Å². The van der Waals surface area contributed by atoms with E-state index in [-0.39, 0.29) is 17.9 Å². The Balaban J connectivity index is 1.52. The monoisotopic (exact) mass is 348 g/mol. The normalized spacial score (nSPS) is 25.3. The third-order valence-corrected chi connectivity index (χ3v) is 5.30. The molecular weight excluding hydrogens is 320 g/mol. The van der Waals surface area contributed by atoms with Crippen molar-refractivity contribution in [2.45, 2.75) is 37.8 Å². The molecule has 0 aliphatic carbocycles. The van der Waals surface area contributed by atoms with Crippen LogP contribution in [0.25, 0.3) is 0 Å². The number of carbonyl (C=O) groups excluding carboxylic acids is 2. The molecule has 0 saturated carbocycles. The number of likely N-dealkylation sites (tertiary alicyclic amines) is 2. The predicted octanol–water partition coefficient (Wildman–Crippen LogP) is 0.203. The minimum Gasteiger partial charge on any atom is -0.387 e. The third kappa shape index (κ3) is 4.22. The summed E-state index contributed by atoms with van der Waals surface area (Å²) in [6, 6.07) is 3.91. The Labute approximate surface area is 148 Å². The smallest absolute Gasteiger partial charge is 0.270 e. The highest BCUT2D eigenvalue weighted by molar-refractivity contribution is 5.93. The number of carbonyl (C=O) groups is 2. The van der Waals surface area contributed by atoms with Gasteiger partial charge in [-0.25, -0.2) is 0 Å². The Kier molecular flexibility index (Phi) is 5.15. The number of nitrogens with one attached hydrogen (secondary N) is 1. The lowest BCUT2D eigenvalue weighted by Gasteiger charge is -2.36. The molecule has 138 valence electrons. The number of rotatable bonds is 4. The quantitative estimate of drug-likeness (QED) is 0.815. The second-order valence-corrected chi connectivity index (χ2v) is 7.46. The predicted molar refractivity (Wildman–Crippen MR) is 94.2 cm³/mol. The average Bonchev–Trinajstić information content (AvgIpc) is 3.14. The summed E-state index contributed by atoms with van der Waals surface area (Å²) in [6.07, 6.45) is 4.27. The van der Waals surface area contributed by atoms with Gasteiger partial charge < -0.3 is 24.8 Å². The van der Waals surface area contributed by atoms with Crippen molar-refractivity contribution in [3.63, 3.8) is 0 Å². The second-order valence-electron chi connectivity index (χ2n) is 7.46. The molecule has 3 rings (SSSR count). The highest BCUT2D eigenvalue weighted by Gasteiger charge is 2.40. The van der Waals surface area contributed by atoms with Gasteiger partial charge in [0.15, 0.2) is 0 Å². The molecule has 0 bridgehead atoms. The van der Waals surface area contributed by atoms with Crippen molar-refractivity contribution >= 4 is 11.8 Å². The molecule has 1 unspecified atom stereocenters. The molecule has 0 spiro atoms. The molecule has 2 aliphatic rings. The van der Waals surface area contributed by atoms with E-state index in [4.69, 9.17) is 0 Å². The van der Waals surface area contributed by atoms with Crippen LogP contribution >= 0.6 is 0 Å². The molecule has 2 fully saturated rings. The van der Waals surface area contributed by atoms with Gasteiger partial charge in [-0.3, -0.25) is 9.59 Å². The van der Waals surface area contributed by atoms with Gasteiger partial charge in [0.05, 0.1) is 12.1 Å². The Morgan fingerprint density at radius 3 is 2.64 bits per heavy atom. The first kappa shape index (κ1) is 17.9. The first-order valence-electron chi connectivity index (χ1n) is 8.99. The van der Waals surface area contributed by atoms with E-state index in [0.717, 1.165) is 25.9 Å². The van der Waals surface area contributed by atoms with Gasteiger partial charge in [0.2, 0.25) is 5.91 Å². The molecule has 0 aromatic carbocycles. The number of β-amino-alcohol motifs (C(OH)–C–C–N with tert-alkyl or cyclic N) is 1. The molecule has 2 amide bonds. The molecule has 7 heteroatoms. The zero-order valence-corrected chi connectivity index (χ0v) is 15.1. The fourth-order valence-electron chi connectivity index (χ4n) is 3.94. The Bertz CT molecular complexity index is 636. The standard InChI is InChI=1S/C18H28N4O3/c1-14(23)19-15-5-9-21(10-6-15)12-18(25)7-11-22(13-18)17(24)16-4-3-8-20(16)2/h3-4,8,15,25H,5-7,9-13H2,1-2H3,(H,19,23). The number of piperidine rings is 1. The van der Waals surface area contributed by atoms with Gasteiger partial charge in [0.25, 0.3) is 5.91 Å². The van der Waals surface area contributed by atoms with E-state index < -0.39 is 5.60 Å². The van der Waals surface area contributed by atoms with Crippen LogP contribution in [0.2, 0.25) is 0 Å². The van der Waals surface area contributed by atoms with Crippen molar-refractivity contribution < 1.29 is 14.7 Å². The maximum Gasteiger partial charge on any atom is 0.270 e. The molecule has 0 radical (unpaired) electrons. The minimum absolute atomic E-state index is 0.0164. The van der Waals surface area contributed by atoms with Crippen LogP contribution in [0.5, 0.6) is 0 Å². The number of aliphatic hydroxyl groups is 1. The number of hydrogen-bond acceptors (Lipinski definition) is 4. The van der Waals surface area contributed by atoms with Crippen LogP contribution in [-0.2, 0) is 11.8 Å². The van der Waals surface area contributed by atoms with E-state index >= 15 is 0 Å². The summed E-state index contributed by atoms with van der Waals surface area (Å²) in [4.78, 5) is 27.7. The van der Waals surface area contributed by atoms with Crippen LogP contribution in [-0.4, -0.2) is 75.7 Å². The lowest BCUT2D eigenvalue weighted by molar-refractivity contribution is -0.120. The summed E-state index contributed by atoms with van der Waals surface area (Å²) in [5.74, 6) is -0.00417. The number of amides is 2. The van der Waals surface area contributed by atoms with Crippen molar-refractivity contribution in [1.29, 1.82) is 0 Å². The maximum atomic E-state index is 12.6. The van der Waals surface area contributed by atoms with E-state index in [1.165, 1.54) is 0 Å².